The molecule has 0 saturated carbocycles. The van der Waals surface area contributed by atoms with Crippen LogP contribution in [0.15, 0.2) is 73.2 Å². The van der Waals surface area contributed by atoms with E-state index in [1.54, 1.807) is 6.20 Å². The van der Waals surface area contributed by atoms with Crippen molar-refractivity contribution in [1.82, 2.24) is 19.5 Å². The molecule has 1 N–H and O–H groups in total. The van der Waals surface area contributed by atoms with Gasteiger partial charge in [-0.3, -0.25) is 9.78 Å². The molecule has 1 aromatic carbocycles. The molecule has 0 radical (unpaired) electrons. The van der Waals surface area contributed by atoms with E-state index in [1.165, 1.54) is 5.56 Å². The molecule has 174 valence electrons. The Hall–Kier alpha value is -3.71. The minimum Gasteiger partial charge on any atom is -0.379 e. The van der Waals surface area contributed by atoms with Crippen molar-refractivity contribution in [3.63, 3.8) is 0 Å². The molecule has 1 saturated heterocycles. The zero-order chi connectivity index (χ0) is 23.3. The summed E-state index contributed by atoms with van der Waals surface area (Å²) < 4.78 is 7.77. The number of hydrogen-bond donors (Lipinski definition) is 1. The summed E-state index contributed by atoms with van der Waals surface area (Å²) in [7, 11) is 0. The maximum absolute atomic E-state index is 13.5. The van der Waals surface area contributed by atoms with Gasteiger partial charge < -0.3 is 15.0 Å². The van der Waals surface area contributed by atoms with Crippen LogP contribution in [0.2, 0.25) is 0 Å². The SMILES string of the molecule is Cc1ccc(C(=O)N2CCOCC(Cc3cccn4nccc34)C2)cc1NCc1ccccn1. The van der Waals surface area contributed by atoms with Crippen molar-refractivity contribution in [3.05, 3.63) is 95.6 Å². The highest BCUT2D eigenvalue weighted by Crippen LogP contribution is 2.22. The van der Waals surface area contributed by atoms with E-state index in [-0.39, 0.29) is 11.8 Å². The number of nitrogens with zero attached hydrogens (tertiary/aromatic N) is 4. The largest absolute Gasteiger partial charge is 0.379 e. The summed E-state index contributed by atoms with van der Waals surface area (Å²) in [6.07, 6.45) is 6.39. The summed E-state index contributed by atoms with van der Waals surface area (Å²) in [6.45, 7) is 5.11. The molecule has 1 aliphatic rings. The number of rotatable bonds is 6. The second-order valence-electron chi connectivity index (χ2n) is 8.80. The summed E-state index contributed by atoms with van der Waals surface area (Å²) in [4.78, 5) is 19.8. The molecule has 5 rings (SSSR count). The molecule has 1 amide bonds. The first kappa shape index (κ1) is 22.1. The van der Waals surface area contributed by atoms with E-state index < -0.39 is 0 Å². The van der Waals surface area contributed by atoms with Crippen molar-refractivity contribution in [1.29, 1.82) is 0 Å². The van der Waals surface area contributed by atoms with Gasteiger partial charge in [0.25, 0.3) is 5.91 Å². The first-order valence-corrected chi connectivity index (χ1v) is 11.7. The number of aromatic nitrogens is 3. The van der Waals surface area contributed by atoms with Gasteiger partial charge in [0, 0.05) is 48.8 Å². The maximum atomic E-state index is 13.5. The van der Waals surface area contributed by atoms with Gasteiger partial charge in [-0.25, -0.2) is 4.52 Å². The van der Waals surface area contributed by atoms with Crippen LogP contribution in [0.4, 0.5) is 5.69 Å². The van der Waals surface area contributed by atoms with E-state index in [4.69, 9.17) is 4.74 Å². The Labute approximate surface area is 199 Å². The van der Waals surface area contributed by atoms with Gasteiger partial charge >= 0.3 is 0 Å². The molecule has 7 nitrogen and oxygen atoms in total. The average Bonchev–Trinajstić information content (AvgIpc) is 3.24. The van der Waals surface area contributed by atoms with Crippen LogP contribution in [0.5, 0.6) is 0 Å². The van der Waals surface area contributed by atoms with Gasteiger partial charge in [-0.05, 0) is 60.9 Å². The lowest BCUT2D eigenvalue weighted by molar-refractivity contribution is 0.0737. The van der Waals surface area contributed by atoms with Crippen LogP contribution < -0.4 is 5.32 Å². The summed E-state index contributed by atoms with van der Waals surface area (Å²) in [5, 5.41) is 7.76. The number of hydrogen-bond acceptors (Lipinski definition) is 5. The Kier molecular flexibility index (Phi) is 6.53. The molecule has 0 spiro atoms. The van der Waals surface area contributed by atoms with Gasteiger partial charge in [-0.15, -0.1) is 0 Å². The molecule has 4 aromatic rings. The van der Waals surface area contributed by atoms with E-state index in [9.17, 15) is 4.79 Å². The summed E-state index contributed by atoms with van der Waals surface area (Å²) in [5.74, 6) is 0.263. The molecule has 34 heavy (non-hydrogen) atoms. The fourth-order valence-electron chi connectivity index (χ4n) is 4.50. The van der Waals surface area contributed by atoms with Crippen molar-refractivity contribution in [2.24, 2.45) is 5.92 Å². The van der Waals surface area contributed by atoms with Gasteiger partial charge in [0.15, 0.2) is 0 Å². The van der Waals surface area contributed by atoms with Crippen molar-refractivity contribution in [2.45, 2.75) is 19.9 Å². The number of fused-ring (bicyclic) bond motifs is 1. The van der Waals surface area contributed by atoms with Gasteiger partial charge in [0.1, 0.15) is 0 Å². The minimum atomic E-state index is 0.0407. The molecular weight excluding hydrogens is 426 g/mol. The second kappa shape index (κ2) is 10.1. The van der Waals surface area contributed by atoms with Crippen LogP contribution in [0.3, 0.4) is 0 Å². The summed E-state index contributed by atoms with van der Waals surface area (Å²) in [5.41, 5.74) is 6.02. The first-order valence-electron chi connectivity index (χ1n) is 11.7. The monoisotopic (exact) mass is 455 g/mol. The number of pyridine rings is 2. The first-order chi connectivity index (χ1) is 16.7. The molecule has 0 bridgehead atoms. The lowest BCUT2D eigenvalue weighted by atomic mass is 9.99. The Balaban J connectivity index is 1.29. The number of ether oxygens (including phenoxy) is 1. The van der Waals surface area contributed by atoms with Crippen LogP contribution in [-0.2, 0) is 17.7 Å². The molecule has 0 aliphatic carbocycles. The van der Waals surface area contributed by atoms with E-state index in [0.29, 0.717) is 38.4 Å². The Morgan fingerprint density at radius 3 is 2.97 bits per heavy atom. The van der Waals surface area contributed by atoms with Gasteiger partial charge in [0.05, 0.1) is 31.0 Å². The number of carbonyl (C=O) groups is 1. The number of amides is 1. The number of aryl methyl sites for hydroxylation is 1. The second-order valence-corrected chi connectivity index (χ2v) is 8.80. The molecular formula is C27H29N5O2. The molecule has 7 heteroatoms. The van der Waals surface area contributed by atoms with Crippen LogP contribution in [0.25, 0.3) is 5.52 Å². The molecule has 1 unspecified atom stereocenters. The lowest BCUT2D eigenvalue weighted by Gasteiger charge is -2.24. The number of anilines is 1. The van der Waals surface area contributed by atoms with E-state index in [1.807, 2.05) is 77.3 Å². The Bertz CT molecular complexity index is 1270. The molecule has 1 fully saturated rings. The molecule has 4 heterocycles. The minimum absolute atomic E-state index is 0.0407. The predicted octanol–water partition coefficient (Wildman–Crippen LogP) is 3.98. The van der Waals surface area contributed by atoms with Crippen molar-refractivity contribution < 1.29 is 9.53 Å². The number of nitrogens with one attached hydrogen (secondary N) is 1. The van der Waals surface area contributed by atoms with E-state index in [0.717, 1.165) is 28.9 Å². The number of carbonyl (C=O) groups excluding carboxylic acids is 1. The predicted molar refractivity (Wildman–Crippen MR) is 132 cm³/mol. The zero-order valence-electron chi connectivity index (χ0n) is 19.4. The van der Waals surface area contributed by atoms with Crippen LogP contribution in [0, 0.1) is 12.8 Å². The van der Waals surface area contributed by atoms with E-state index >= 15 is 0 Å². The highest BCUT2D eigenvalue weighted by atomic mass is 16.5. The van der Waals surface area contributed by atoms with Crippen molar-refractivity contribution >= 4 is 17.1 Å². The number of benzene rings is 1. The van der Waals surface area contributed by atoms with Crippen molar-refractivity contribution in [2.75, 3.05) is 31.6 Å². The lowest BCUT2D eigenvalue weighted by Crippen LogP contribution is -2.36. The fourth-order valence-corrected chi connectivity index (χ4v) is 4.50. The average molecular weight is 456 g/mol. The van der Waals surface area contributed by atoms with Crippen LogP contribution >= 0.6 is 0 Å². The third kappa shape index (κ3) is 4.94. The highest BCUT2D eigenvalue weighted by molar-refractivity contribution is 5.95. The quantitative estimate of drug-likeness (QED) is 0.476. The van der Waals surface area contributed by atoms with Crippen LogP contribution in [0.1, 0.15) is 27.2 Å². The smallest absolute Gasteiger partial charge is 0.254 e. The van der Waals surface area contributed by atoms with E-state index in [2.05, 4.69) is 21.5 Å². The topological polar surface area (TPSA) is 71.8 Å². The Morgan fingerprint density at radius 2 is 2.09 bits per heavy atom. The highest BCUT2D eigenvalue weighted by Gasteiger charge is 2.24. The summed E-state index contributed by atoms with van der Waals surface area (Å²) in [6, 6.07) is 17.9. The third-order valence-electron chi connectivity index (χ3n) is 6.33. The molecule has 1 aliphatic heterocycles. The standard InChI is InChI=1S/C27H29N5O2/c1-20-7-8-23(16-25(20)29-17-24-6-2-3-10-28-24)27(33)31-13-14-34-19-21(18-31)15-22-5-4-12-32-26(22)9-11-30-32/h2-12,16,21,29H,13-15,17-19H2,1H3. The zero-order valence-corrected chi connectivity index (χ0v) is 19.4. The molecule has 3 aromatic heterocycles. The van der Waals surface area contributed by atoms with Gasteiger partial charge in [-0.1, -0.05) is 18.2 Å². The third-order valence-corrected chi connectivity index (χ3v) is 6.33. The van der Waals surface area contributed by atoms with Gasteiger partial charge in [-0.2, -0.15) is 5.10 Å². The summed E-state index contributed by atoms with van der Waals surface area (Å²) >= 11 is 0. The normalized spacial score (nSPS) is 16.4. The fraction of sp³-hybridized carbons (Fsp3) is 0.296. The molecule has 1 atom stereocenters. The Morgan fingerprint density at radius 1 is 1.15 bits per heavy atom. The van der Waals surface area contributed by atoms with Gasteiger partial charge in [0.2, 0.25) is 0 Å². The maximum Gasteiger partial charge on any atom is 0.254 e. The van der Waals surface area contributed by atoms with Crippen molar-refractivity contribution in [3.8, 4) is 0 Å². The van der Waals surface area contributed by atoms with Crippen LogP contribution in [-0.4, -0.2) is 51.7 Å².